The van der Waals surface area contributed by atoms with E-state index in [-0.39, 0.29) is 30.0 Å². The van der Waals surface area contributed by atoms with Crippen LogP contribution in [0.15, 0.2) is 24.3 Å². The minimum absolute atomic E-state index is 0. The van der Waals surface area contributed by atoms with Crippen molar-refractivity contribution in [3.8, 4) is 0 Å². The van der Waals surface area contributed by atoms with Gasteiger partial charge >= 0.3 is 0 Å². The van der Waals surface area contributed by atoms with E-state index in [1.54, 1.807) is 12.1 Å². The molecule has 0 bridgehead atoms. The van der Waals surface area contributed by atoms with E-state index in [9.17, 15) is 14.0 Å². The number of piperazine rings is 1. The lowest BCUT2D eigenvalue weighted by Gasteiger charge is -2.52. The van der Waals surface area contributed by atoms with Gasteiger partial charge in [-0.05, 0) is 49.3 Å². The van der Waals surface area contributed by atoms with Gasteiger partial charge in [0.2, 0.25) is 11.8 Å². The zero-order valence-corrected chi connectivity index (χ0v) is 19.1. The highest BCUT2D eigenvalue weighted by Crippen LogP contribution is 2.34. The Morgan fingerprint density at radius 2 is 1.93 bits per heavy atom. The molecule has 5 nitrogen and oxygen atoms in total. The van der Waals surface area contributed by atoms with Gasteiger partial charge in [0.25, 0.3) is 0 Å². The summed E-state index contributed by atoms with van der Waals surface area (Å²) in [4.78, 5) is 30.6. The second kappa shape index (κ2) is 10.6. The monoisotopic (exact) mass is 439 g/mol. The van der Waals surface area contributed by atoms with Crippen LogP contribution in [-0.4, -0.2) is 52.8 Å². The van der Waals surface area contributed by atoms with Crippen molar-refractivity contribution in [2.45, 2.75) is 71.0 Å². The van der Waals surface area contributed by atoms with Crippen LogP contribution < -0.4 is 5.32 Å². The summed E-state index contributed by atoms with van der Waals surface area (Å²) in [6, 6.07) is 6.26. The SMILES string of the molecule is CCCCN1C(=O)[C@H](CC(C)C)NC(=O)C12CCN(Cc1cccc(F)c1)CC2.Cl. The lowest BCUT2D eigenvalue weighted by atomic mass is 9.80. The Balaban J connectivity index is 0.00000320. The molecule has 2 amide bonds. The maximum Gasteiger partial charge on any atom is 0.246 e. The van der Waals surface area contributed by atoms with Crippen LogP contribution in [0.2, 0.25) is 0 Å². The van der Waals surface area contributed by atoms with Crippen LogP contribution in [0.4, 0.5) is 4.39 Å². The number of hydrogen-bond donors (Lipinski definition) is 1. The molecule has 2 fully saturated rings. The minimum Gasteiger partial charge on any atom is -0.342 e. The van der Waals surface area contributed by atoms with Gasteiger partial charge in [-0.25, -0.2) is 4.39 Å². The Morgan fingerprint density at radius 3 is 2.53 bits per heavy atom. The Hall–Kier alpha value is -1.66. The van der Waals surface area contributed by atoms with E-state index in [2.05, 4.69) is 31.0 Å². The molecule has 0 radical (unpaired) electrons. The van der Waals surface area contributed by atoms with Crippen molar-refractivity contribution < 1.29 is 14.0 Å². The molecule has 1 spiro atoms. The predicted octanol–water partition coefficient (Wildman–Crippen LogP) is 3.76. The van der Waals surface area contributed by atoms with Crippen LogP contribution >= 0.6 is 12.4 Å². The van der Waals surface area contributed by atoms with Crippen molar-refractivity contribution in [1.29, 1.82) is 0 Å². The van der Waals surface area contributed by atoms with Crippen LogP contribution in [0.3, 0.4) is 0 Å². The number of halogens is 2. The molecule has 2 saturated heterocycles. The molecule has 0 saturated carbocycles. The van der Waals surface area contributed by atoms with Gasteiger partial charge in [0.05, 0.1) is 0 Å². The molecule has 7 heteroatoms. The molecular weight excluding hydrogens is 405 g/mol. The van der Waals surface area contributed by atoms with Crippen LogP contribution in [0, 0.1) is 11.7 Å². The molecule has 0 aliphatic carbocycles. The molecule has 3 rings (SSSR count). The largest absolute Gasteiger partial charge is 0.342 e. The zero-order valence-electron chi connectivity index (χ0n) is 18.3. The molecule has 1 atom stereocenters. The maximum atomic E-state index is 13.5. The number of piperidine rings is 1. The van der Waals surface area contributed by atoms with Gasteiger partial charge < -0.3 is 10.2 Å². The van der Waals surface area contributed by atoms with Crippen molar-refractivity contribution >= 4 is 24.2 Å². The first-order chi connectivity index (χ1) is 13.9. The third kappa shape index (κ3) is 5.33. The normalized spacial score (nSPS) is 21.6. The molecule has 1 N–H and O–H groups in total. The van der Waals surface area contributed by atoms with E-state index in [4.69, 9.17) is 0 Å². The van der Waals surface area contributed by atoms with Crippen molar-refractivity contribution in [3.05, 3.63) is 35.6 Å². The Morgan fingerprint density at radius 1 is 1.23 bits per heavy atom. The second-order valence-corrected chi connectivity index (χ2v) is 8.94. The Labute approximate surface area is 185 Å². The van der Waals surface area contributed by atoms with E-state index in [0.717, 1.165) is 18.4 Å². The highest BCUT2D eigenvalue weighted by Gasteiger charge is 2.53. The lowest BCUT2D eigenvalue weighted by Crippen LogP contribution is -2.73. The molecule has 2 heterocycles. The first-order valence-corrected chi connectivity index (χ1v) is 10.9. The van der Waals surface area contributed by atoms with Gasteiger partial charge in [-0.3, -0.25) is 14.5 Å². The second-order valence-electron chi connectivity index (χ2n) is 8.94. The molecular formula is C23H35ClFN3O2. The van der Waals surface area contributed by atoms with Crippen LogP contribution in [0.5, 0.6) is 0 Å². The fourth-order valence-electron chi connectivity index (χ4n) is 4.62. The van der Waals surface area contributed by atoms with Gasteiger partial charge in [0.1, 0.15) is 17.4 Å². The highest BCUT2D eigenvalue weighted by atomic mass is 35.5. The van der Waals surface area contributed by atoms with E-state index in [1.807, 2.05) is 11.0 Å². The number of benzene rings is 1. The number of nitrogens with zero attached hydrogens (tertiary/aromatic N) is 2. The maximum absolute atomic E-state index is 13.5. The summed E-state index contributed by atoms with van der Waals surface area (Å²) >= 11 is 0. The number of unbranched alkanes of at least 4 members (excludes halogenated alkanes) is 1. The summed E-state index contributed by atoms with van der Waals surface area (Å²) in [6.45, 7) is 8.99. The zero-order chi connectivity index (χ0) is 21.0. The molecule has 30 heavy (non-hydrogen) atoms. The van der Waals surface area contributed by atoms with Crippen molar-refractivity contribution in [1.82, 2.24) is 15.1 Å². The van der Waals surface area contributed by atoms with Crippen LogP contribution in [0.1, 0.15) is 58.4 Å². The minimum atomic E-state index is -0.738. The van der Waals surface area contributed by atoms with E-state index in [1.165, 1.54) is 6.07 Å². The molecule has 2 aliphatic heterocycles. The number of carbonyl (C=O) groups excluding carboxylic acids is 2. The van der Waals surface area contributed by atoms with Gasteiger partial charge in [-0.15, -0.1) is 12.4 Å². The number of likely N-dealkylation sites (tertiary alicyclic amines) is 1. The van der Waals surface area contributed by atoms with E-state index >= 15 is 0 Å². The average molecular weight is 440 g/mol. The van der Waals surface area contributed by atoms with E-state index in [0.29, 0.717) is 51.4 Å². The summed E-state index contributed by atoms with van der Waals surface area (Å²) in [5, 5.41) is 3.04. The standard InChI is InChI=1S/C23H34FN3O2.ClH/c1-4-5-11-27-21(28)20(14-17(2)3)25-22(29)23(27)9-12-26(13-10-23)16-18-7-6-8-19(24)15-18;/h6-8,15,17,20H,4-5,9-14,16H2,1-3H3,(H,25,29);1H/t20-;/m0./s1. The first-order valence-electron chi connectivity index (χ1n) is 10.9. The quantitative estimate of drug-likeness (QED) is 0.703. The molecule has 0 unspecified atom stereocenters. The molecule has 1 aromatic rings. The number of amides is 2. The molecule has 0 aromatic heterocycles. The third-order valence-corrected chi connectivity index (χ3v) is 6.23. The summed E-state index contributed by atoms with van der Waals surface area (Å²) in [6.07, 6.45) is 3.81. The van der Waals surface area contributed by atoms with Gasteiger partial charge in [-0.2, -0.15) is 0 Å². The number of rotatable bonds is 7. The Kier molecular flexibility index (Phi) is 8.68. The van der Waals surface area contributed by atoms with Crippen LogP contribution in [0.25, 0.3) is 0 Å². The fourth-order valence-corrected chi connectivity index (χ4v) is 4.62. The summed E-state index contributed by atoms with van der Waals surface area (Å²) in [7, 11) is 0. The lowest BCUT2D eigenvalue weighted by molar-refractivity contribution is -0.161. The van der Waals surface area contributed by atoms with Crippen LogP contribution in [-0.2, 0) is 16.1 Å². The van der Waals surface area contributed by atoms with Gasteiger partial charge in [0, 0.05) is 26.2 Å². The van der Waals surface area contributed by atoms with Crippen molar-refractivity contribution in [2.24, 2.45) is 5.92 Å². The number of carbonyl (C=O) groups is 2. The van der Waals surface area contributed by atoms with Gasteiger partial charge in [-0.1, -0.05) is 39.3 Å². The highest BCUT2D eigenvalue weighted by molar-refractivity contribution is 6.00. The Bertz CT molecular complexity index is 735. The third-order valence-electron chi connectivity index (χ3n) is 6.23. The van der Waals surface area contributed by atoms with Crippen molar-refractivity contribution in [2.75, 3.05) is 19.6 Å². The fraction of sp³-hybridized carbons (Fsp3) is 0.652. The van der Waals surface area contributed by atoms with Gasteiger partial charge in [0.15, 0.2) is 0 Å². The molecule has 168 valence electrons. The average Bonchev–Trinajstić information content (AvgIpc) is 2.67. The summed E-state index contributed by atoms with van der Waals surface area (Å²) < 4.78 is 13.5. The number of nitrogens with one attached hydrogen (secondary N) is 1. The topological polar surface area (TPSA) is 52.7 Å². The molecule has 1 aromatic carbocycles. The van der Waals surface area contributed by atoms with E-state index < -0.39 is 11.6 Å². The summed E-state index contributed by atoms with van der Waals surface area (Å²) in [5.41, 5.74) is 0.197. The number of hydrogen-bond acceptors (Lipinski definition) is 3. The molecule has 2 aliphatic rings. The van der Waals surface area contributed by atoms with Crippen molar-refractivity contribution in [3.63, 3.8) is 0 Å². The summed E-state index contributed by atoms with van der Waals surface area (Å²) in [5.74, 6) is 0.198. The first kappa shape index (κ1) is 24.6. The predicted molar refractivity (Wildman–Crippen MR) is 119 cm³/mol. The smallest absolute Gasteiger partial charge is 0.246 e.